The highest BCUT2D eigenvalue weighted by molar-refractivity contribution is 9.10. The van der Waals surface area contributed by atoms with Gasteiger partial charge in [0.2, 0.25) is 0 Å². The van der Waals surface area contributed by atoms with Crippen molar-refractivity contribution in [3.05, 3.63) is 16.4 Å². The van der Waals surface area contributed by atoms with Gasteiger partial charge < -0.3 is 5.32 Å². The summed E-state index contributed by atoms with van der Waals surface area (Å²) >= 11 is 3.57. The normalized spacial score (nSPS) is 13.5. The van der Waals surface area contributed by atoms with E-state index in [-0.39, 0.29) is 0 Å². The van der Waals surface area contributed by atoms with Gasteiger partial charge in [0, 0.05) is 6.54 Å². The maximum Gasteiger partial charge on any atom is 0.0695 e. The number of nitrogens with zero attached hydrogens (tertiary/aromatic N) is 2. The molecular weight excluding hydrogens is 254 g/mol. The van der Waals surface area contributed by atoms with E-state index in [9.17, 15) is 0 Å². The minimum atomic E-state index is 0.377. The Balaban J connectivity index is 2.94. The molecule has 0 spiro atoms. The highest BCUT2D eigenvalue weighted by atomic mass is 79.9. The standard InChI is InChI=1S/C11H20BrN3/c1-5-15-11(9(12)7-14-15)10(13-4)6-8(2)3/h7-8,10,13H,5-6H2,1-4H3. The molecule has 0 radical (unpaired) electrons. The fraction of sp³-hybridized carbons (Fsp3) is 0.727. The zero-order valence-electron chi connectivity index (χ0n) is 9.92. The number of rotatable bonds is 5. The van der Waals surface area contributed by atoms with Crippen LogP contribution in [0.25, 0.3) is 0 Å². The minimum absolute atomic E-state index is 0.377. The summed E-state index contributed by atoms with van der Waals surface area (Å²) in [5.41, 5.74) is 1.26. The van der Waals surface area contributed by atoms with Crippen molar-refractivity contribution in [2.45, 2.75) is 39.8 Å². The van der Waals surface area contributed by atoms with E-state index in [2.05, 4.69) is 47.1 Å². The Morgan fingerprint density at radius 3 is 2.67 bits per heavy atom. The van der Waals surface area contributed by atoms with Gasteiger partial charge in [0.05, 0.1) is 22.4 Å². The van der Waals surface area contributed by atoms with Crippen molar-refractivity contribution in [3.63, 3.8) is 0 Å². The second-order valence-corrected chi connectivity index (χ2v) is 5.02. The zero-order valence-corrected chi connectivity index (χ0v) is 11.5. The van der Waals surface area contributed by atoms with Crippen molar-refractivity contribution in [1.82, 2.24) is 15.1 Å². The highest BCUT2D eigenvalue weighted by Crippen LogP contribution is 2.27. The predicted molar refractivity (Wildman–Crippen MR) is 66.9 cm³/mol. The largest absolute Gasteiger partial charge is 0.312 e. The van der Waals surface area contributed by atoms with Crippen LogP contribution in [-0.4, -0.2) is 16.8 Å². The Labute approximate surface area is 100 Å². The number of hydrogen-bond acceptors (Lipinski definition) is 2. The molecule has 86 valence electrons. The molecule has 4 heteroatoms. The van der Waals surface area contributed by atoms with Gasteiger partial charge in [0.15, 0.2) is 0 Å². The van der Waals surface area contributed by atoms with E-state index >= 15 is 0 Å². The first kappa shape index (κ1) is 12.7. The van der Waals surface area contributed by atoms with Crippen LogP contribution in [0.1, 0.15) is 38.9 Å². The molecule has 0 bridgehead atoms. The van der Waals surface area contributed by atoms with Gasteiger partial charge >= 0.3 is 0 Å². The van der Waals surface area contributed by atoms with Crippen molar-refractivity contribution in [3.8, 4) is 0 Å². The lowest BCUT2D eigenvalue weighted by molar-refractivity contribution is 0.425. The third kappa shape index (κ3) is 3.05. The average Bonchev–Trinajstić information content (AvgIpc) is 2.56. The third-order valence-corrected chi connectivity index (χ3v) is 3.13. The van der Waals surface area contributed by atoms with Crippen LogP contribution in [-0.2, 0) is 6.54 Å². The number of aryl methyl sites for hydroxylation is 1. The fourth-order valence-corrected chi connectivity index (χ4v) is 2.38. The molecule has 0 aliphatic carbocycles. The van der Waals surface area contributed by atoms with Crippen molar-refractivity contribution < 1.29 is 0 Å². The van der Waals surface area contributed by atoms with Crippen LogP contribution in [0, 0.1) is 5.92 Å². The molecule has 1 N–H and O–H groups in total. The summed E-state index contributed by atoms with van der Waals surface area (Å²) < 4.78 is 3.15. The molecule has 0 aliphatic heterocycles. The lowest BCUT2D eigenvalue weighted by Crippen LogP contribution is -2.22. The monoisotopic (exact) mass is 273 g/mol. The van der Waals surface area contributed by atoms with Gasteiger partial charge in [-0.1, -0.05) is 13.8 Å². The Kier molecular flexibility index (Phi) is 4.80. The predicted octanol–water partition coefficient (Wildman–Crippen LogP) is 2.97. The van der Waals surface area contributed by atoms with Crippen LogP contribution < -0.4 is 5.32 Å². The van der Waals surface area contributed by atoms with Gasteiger partial charge in [-0.3, -0.25) is 4.68 Å². The van der Waals surface area contributed by atoms with Crippen LogP contribution in [0.5, 0.6) is 0 Å². The van der Waals surface area contributed by atoms with Gasteiger partial charge in [-0.25, -0.2) is 0 Å². The number of halogens is 1. The third-order valence-electron chi connectivity index (χ3n) is 2.52. The van der Waals surface area contributed by atoms with E-state index in [1.165, 1.54) is 5.69 Å². The topological polar surface area (TPSA) is 29.9 Å². The summed E-state index contributed by atoms with van der Waals surface area (Å²) in [5, 5.41) is 7.70. The SMILES string of the molecule is CCn1ncc(Br)c1C(CC(C)C)NC. The fourth-order valence-electron chi connectivity index (χ4n) is 1.81. The maximum atomic E-state index is 4.34. The molecule has 0 saturated heterocycles. The van der Waals surface area contributed by atoms with E-state index in [4.69, 9.17) is 0 Å². The van der Waals surface area contributed by atoms with E-state index < -0.39 is 0 Å². The van der Waals surface area contributed by atoms with E-state index in [1.54, 1.807) is 0 Å². The lowest BCUT2D eigenvalue weighted by Gasteiger charge is -2.20. The molecular formula is C11H20BrN3. The maximum absolute atomic E-state index is 4.34. The van der Waals surface area contributed by atoms with Gasteiger partial charge in [-0.15, -0.1) is 0 Å². The number of hydrogen-bond donors (Lipinski definition) is 1. The highest BCUT2D eigenvalue weighted by Gasteiger charge is 2.18. The summed E-state index contributed by atoms with van der Waals surface area (Å²) in [4.78, 5) is 0. The quantitative estimate of drug-likeness (QED) is 0.894. The van der Waals surface area contributed by atoms with Crippen molar-refractivity contribution in [1.29, 1.82) is 0 Å². The summed E-state index contributed by atoms with van der Waals surface area (Å²) in [7, 11) is 2.01. The van der Waals surface area contributed by atoms with Crippen molar-refractivity contribution in [2.75, 3.05) is 7.05 Å². The first-order chi connectivity index (χ1) is 7.10. The molecule has 15 heavy (non-hydrogen) atoms. The van der Waals surface area contributed by atoms with Crippen LogP contribution in [0.3, 0.4) is 0 Å². The van der Waals surface area contributed by atoms with Crippen LogP contribution in [0.2, 0.25) is 0 Å². The van der Waals surface area contributed by atoms with Gasteiger partial charge in [0.25, 0.3) is 0 Å². The molecule has 1 aromatic rings. The van der Waals surface area contributed by atoms with Gasteiger partial charge in [-0.2, -0.15) is 5.10 Å². The molecule has 3 nitrogen and oxygen atoms in total. The second kappa shape index (κ2) is 5.66. The molecule has 0 fully saturated rings. The Morgan fingerprint density at radius 2 is 2.20 bits per heavy atom. The summed E-state index contributed by atoms with van der Waals surface area (Å²) in [6.07, 6.45) is 3.00. The number of nitrogens with one attached hydrogen (secondary N) is 1. The summed E-state index contributed by atoms with van der Waals surface area (Å²) in [6, 6.07) is 0.377. The first-order valence-corrected chi connectivity index (χ1v) is 6.27. The molecule has 1 heterocycles. The molecule has 1 rings (SSSR count). The van der Waals surface area contributed by atoms with Crippen molar-refractivity contribution in [2.24, 2.45) is 5.92 Å². The van der Waals surface area contributed by atoms with Crippen LogP contribution in [0.4, 0.5) is 0 Å². The van der Waals surface area contributed by atoms with E-state index in [1.807, 2.05) is 17.9 Å². The smallest absolute Gasteiger partial charge is 0.0695 e. The summed E-state index contributed by atoms with van der Waals surface area (Å²) in [6.45, 7) is 7.51. The molecule has 0 saturated carbocycles. The van der Waals surface area contributed by atoms with Crippen molar-refractivity contribution >= 4 is 15.9 Å². The van der Waals surface area contributed by atoms with Gasteiger partial charge in [0.1, 0.15) is 0 Å². The lowest BCUT2D eigenvalue weighted by atomic mass is 10.0. The molecule has 1 aromatic heterocycles. The molecule has 0 aliphatic rings. The van der Waals surface area contributed by atoms with Crippen LogP contribution >= 0.6 is 15.9 Å². The molecule has 0 aromatic carbocycles. The Bertz CT molecular complexity index is 307. The summed E-state index contributed by atoms with van der Waals surface area (Å²) in [5.74, 6) is 0.676. The van der Waals surface area contributed by atoms with E-state index in [0.29, 0.717) is 12.0 Å². The molecule has 0 amide bonds. The minimum Gasteiger partial charge on any atom is -0.312 e. The average molecular weight is 274 g/mol. The Hall–Kier alpha value is -0.350. The van der Waals surface area contributed by atoms with Crippen LogP contribution in [0.15, 0.2) is 10.7 Å². The Morgan fingerprint density at radius 1 is 1.53 bits per heavy atom. The second-order valence-electron chi connectivity index (χ2n) is 4.16. The molecule has 1 atom stereocenters. The zero-order chi connectivity index (χ0) is 11.4. The number of aromatic nitrogens is 2. The molecule has 1 unspecified atom stereocenters. The van der Waals surface area contributed by atoms with E-state index in [0.717, 1.165) is 17.4 Å². The van der Waals surface area contributed by atoms with Gasteiger partial charge in [-0.05, 0) is 42.2 Å². The first-order valence-electron chi connectivity index (χ1n) is 5.48.